The van der Waals surface area contributed by atoms with Crippen molar-refractivity contribution < 1.29 is 5.11 Å². The van der Waals surface area contributed by atoms with Crippen LogP contribution in [0.5, 0.6) is 0 Å². The van der Waals surface area contributed by atoms with Gasteiger partial charge in [-0.05, 0) is 46.2 Å². The van der Waals surface area contributed by atoms with Gasteiger partial charge in [0.2, 0.25) is 0 Å². The van der Waals surface area contributed by atoms with Crippen molar-refractivity contribution in [3.8, 4) is 0 Å². The number of aliphatic hydroxyl groups is 1. The van der Waals surface area contributed by atoms with Crippen LogP contribution in [0, 0.1) is 0 Å². The third kappa shape index (κ3) is 4.81. The van der Waals surface area contributed by atoms with Crippen LogP contribution < -0.4 is 0 Å². The fraction of sp³-hybridized carbons (Fsp3) is 1.00. The summed E-state index contributed by atoms with van der Waals surface area (Å²) >= 11 is 0. The molecule has 0 spiro atoms. The largest absolute Gasteiger partial charge is 0.393 e. The molecule has 0 aliphatic carbocycles. The Bertz CT molecular complexity index is 185. The fourth-order valence-corrected chi connectivity index (χ4v) is 2.43. The van der Waals surface area contributed by atoms with Gasteiger partial charge in [-0.25, -0.2) is 0 Å². The summed E-state index contributed by atoms with van der Waals surface area (Å²) < 4.78 is 0. The Balaban J connectivity index is 2.13. The second-order valence-electron chi connectivity index (χ2n) is 5.19. The first-order valence-electron chi connectivity index (χ1n) is 6.74. The molecule has 1 fully saturated rings. The van der Waals surface area contributed by atoms with Gasteiger partial charge in [0.05, 0.1) is 6.10 Å². The van der Waals surface area contributed by atoms with Crippen LogP contribution >= 0.6 is 0 Å². The summed E-state index contributed by atoms with van der Waals surface area (Å²) in [7, 11) is 2.24. The fourth-order valence-electron chi connectivity index (χ4n) is 2.43. The van der Waals surface area contributed by atoms with E-state index in [1.165, 1.54) is 39.0 Å². The summed E-state index contributed by atoms with van der Waals surface area (Å²) in [6.45, 7) is 9.00. The highest BCUT2D eigenvalue weighted by Gasteiger charge is 2.21. The molecule has 1 aliphatic heterocycles. The number of unbranched alkanes of at least 4 members (excludes halogenated alkanes) is 1. The minimum Gasteiger partial charge on any atom is -0.393 e. The molecule has 0 saturated carbocycles. The Morgan fingerprint density at radius 1 is 1.31 bits per heavy atom. The Morgan fingerprint density at radius 3 is 2.69 bits per heavy atom. The Labute approximate surface area is 100 Å². The molecule has 2 atom stereocenters. The van der Waals surface area contributed by atoms with E-state index in [0.29, 0.717) is 0 Å². The van der Waals surface area contributed by atoms with Crippen molar-refractivity contribution in [1.82, 2.24) is 9.80 Å². The number of likely N-dealkylation sites (N-methyl/N-ethyl adjacent to an activating group) is 1. The lowest BCUT2D eigenvalue weighted by molar-refractivity contribution is 0.0907. The van der Waals surface area contributed by atoms with E-state index in [1.54, 1.807) is 0 Å². The van der Waals surface area contributed by atoms with Crippen molar-refractivity contribution in [3.63, 3.8) is 0 Å². The van der Waals surface area contributed by atoms with Crippen LogP contribution in [0.4, 0.5) is 0 Å². The molecule has 3 nitrogen and oxygen atoms in total. The molecule has 0 amide bonds. The molecule has 1 saturated heterocycles. The van der Waals surface area contributed by atoms with Gasteiger partial charge in [-0.15, -0.1) is 0 Å². The molecule has 0 aromatic heterocycles. The molecule has 0 radical (unpaired) electrons. The first-order chi connectivity index (χ1) is 7.63. The van der Waals surface area contributed by atoms with E-state index >= 15 is 0 Å². The van der Waals surface area contributed by atoms with E-state index in [2.05, 4.69) is 23.8 Å². The standard InChI is InChI=1S/C13H28N2O/c1-4-13-11-15(10-9-14(13)3)8-6-5-7-12(2)16/h12-13,16H,4-11H2,1-3H3. The SMILES string of the molecule is CCC1CN(CCCCC(C)O)CCN1C. The number of nitrogens with zero attached hydrogens (tertiary/aromatic N) is 2. The van der Waals surface area contributed by atoms with Crippen LogP contribution in [-0.4, -0.2) is 60.3 Å². The molecule has 3 heteroatoms. The van der Waals surface area contributed by atoms with Crippen LogP contribution in [0.2, 0.25) is 0 Å². The zero-order valence-corrected chi connectivity index (χ0v) is 11.2. The van der Waals surface area contributed by atoms with Crippen LogP contribution in [0.25, 0.3) is 0 Å². The third-order valence-corrected chi connectivity index (χ3v) is 3.68. The van der Waals surface area contributed by atoms with E-state index in [4.69, 9.17) is 0 Å². The molecular weight excluding hydrogens is 200 g/mol. The maximum absolute atomic E-state index is 9.18. The molecule has 0 aromatic carbocycles. The number of piperazine rings is 1. The quantitative estimate of drug-likeness (QED) is 0.699. The van der Waals surface area contributed by atoms with Gasteiger partial charge < -0.3 is 14.9 Å². The minimum absolute atomic E-state index is 0.129. The van der Waals surface area contributed by atoms with Crippen molar-refractivity contribution >= 4 is 0 Å². The normalized spacial score (nSPS) is 25.9. The van der Waals surface area contributed by atoms with E-state index in [-0.39, 0.29) is 6.10 Å². The lowest BCUT2D eigenvalue weighted by Crippen LogP contribution is -2.51. The van der Waals surface area contributed by atoms with E-state index < -0.39 is 0 Å². The first-order valence-corrected chi connectivity index (χ1v) is 6.74. The van der Waals surface area contributed by atoms with Crippen LogP contribution in [0.1, 0.15) is 39.5 Å². The molecule has 0 bridgehead atoms. The van der Waals surface area contributed by atoms with Gasteiger partial charge in [0.25, 0.3) is 0 Å². The highest BCUT2D eigenvalue weighted by atomic mass is 16.3. The predicted molar refractivity (Wildman–Crippen MR) is 68.7 cm³/mol. The highest BCUT2D eigenvalue weighted by Crippen LogP contribution is 2.11. The van der Waals surface area contributed by atoms with Crippen molar-refractivity contribution in [2.75, 3.05) is 33.2 Å². The average molecular weight is 228 g/mol. The zero-order chi connectivity index (χ0) is 12.0. The van der Waals surface area contributed by atoms with Crippen LogP contribution in [0.3, 0.4) is 0 Å². The second-order valence-corrected chi connectivity index (χ2v) is 5.19. The topological polar surface area (TPSA) is 26.7 Å². The van der Waals surface area contributed by atoms with Gasteiger partial charge in [-0.2, -0.15) is 0 Å². The number of hydrogen-bond donors (Lipinski definition) is 1. The maximum Gasteiger partial charge on any atom is 0.0512 e. The molecule has 2 unspecified atom stereocenters. The monoisotopic (exact) mass is 228 g/mol. The highest BCUT2D eigenvalue weighted by molar-refractivity contribution is 4.78. The lowest BCUT2D eigenvalue weighted by atomic mass is 10.1. The second kappa shape index (κ2) is 7.25. The summed E-state index contributed by atoms with van der Waals surface area (Å²) in [4.78, 5) is 5.06. The molecule has 0 aromatic rings. The lowest BCUT2D eigenvalue weighted by Gasteiger charge is -2.39. The van der Waals surface area contributed by atoms with Gasteiger partial charge in [-0.3, -0.25) is 0 Å². The molecule has 1 N–H and O–H groups in total. The summed E-state index contributed by atoms with van der Waals surface area (Å²) in [6.07, 6.45) is 4.45. The summed E-state index contributed by atoms with van der Waals surface area (Å²) in [6, 6.07) is 0.741. The van der Waals surface area contributed by atoms with Gasteiger partial charge in [0.1, 0.15) is 0 Å². The molecular formula is C13H28N2O. The number of rotatable bonds is 6. The Morgan fingerprint density at radius 2 is 2.06 bits per heavy atom. The van der Waals surface area contributed by atoms with Crippen LogP contribution in [-0.2, 0) is 0 Å². The van der Waals surface area contributed by atoms with Gasteiger partial charge in [0.15, 0.2) is 0 Å². The van der Waals surface area contributed by atoms with Crippen molar-refractivity contribution in [1.29, 1.82) is 0 Å². The summed E-state index contributed by atoms with van der Waals surface area (Å²) in [5.74, 6) is 0. The van der Waals surface area contributed by atoms with Gasteiger partial charge >= 0.3 is 0 Å². The minimum atomic E-state index is -0.129. The number of hydrogen-bond acceptors (Lipinski definition) is 3. The van der Waals surface area contributed by atoms with Crippen molar-refractivity contribution in [3.05, 3.63) is 0 Å². The van der Waals surface area contributed by atoms with Gasteiger partial charge in [-0.1, -0.05) is 6.92 Å². The van der Waals surface area contributed by atoms with Crippen molar-refractivity contribution in [2.45, 2.75) is 51.7 Å². The predicted octanol–water partition coefficient (Wildman–Crippen LogP) is 1.56. The van der Waals surface area contributed by atoms with Crippen molar-refractivity contribution in [2.24, 2.45) is 0 Å². The Kier molecular flexibility index (Phi) is 6.32. The average Bonchev–Trinajstić information content (AvgIpc) is 2.26. The summed E-state index contributed by atoms with van der Waals surface area (Å²) in [5.41, 5.74) is 0. The zero-order valence-electron chi connectivity index (χ0n) is 11.2. The first kappa shape index (κ1) is 13.9. The van der Waals surface area contributed by atoms with E-state index in [9.17, 15) is 5.11 Å². The molecule has 96 valence electrons. The smallest absolute Gasteiger partial charge is 0.0512 e. The van der Waals surface area contributed by atoms with Crippen LogP contribution in [0.15, 0.2) is 0 Å². The van der Waals surface area contributed by atoms with E-state index in [0.717, 1.165) is 18.9 Å². The molecule has 1 rings (SSSR count). The number of aliphatic hydroxyl groups excluding tert-OH is 1. The third-order valence-electron chi connectivity index (χ3n) is 3.68. The Hall–Kier alpha value is -0.120. The molecule has 1 heterocycles. The molecule has 16 heavy (non-hydrogen) atoms. The maximum atomic E-state index is 9.18. The molecule has 1 aliphatic rings. The summed E-state index contributed by atoms with van der Waals surface area (Å²) in [5, 5.41) is 9.18. The van der Waals surface area contributed by atoms with E-state index in [1.807, 2.05) is 6.92 Å². The van der Waals surface area contributed by atoms with Gasteiger partial charge in [0, 0.05) is 25.7 Å².